The van der Waals surface area contributed by atoms with E-state index in [0.29, 0.717) is 12.8 Å². The van der Waals surface area contributed by atoms with Gasteiger partial charge in [0, 0.05) is 12.8 Å². The number of esters is 2. The molecule has 0 spiro atoms. The van der Waals surface area contributed by atoms with Crippen LogP contribution in [0.3, 0.4) is 0 Å². The number of hydrogen-bond donors (Lipinski definition) is 0. The summed E-state index contributed by atoms with van der Waals surface area (Å²) in [5, 5.41) is 0. The predicted octanol–water partition coefficient (Wildman–Crippen LogP) is 5.69. The number of carbonyl (C=O) groups is 2. The normalized spacial score (nSPS) is 10.2. The van der Waals surface area contributed by atoms with Crippen LogP contribution >= 0.6 is 0 Å². The summed E-state index contributed by atoms with van der Waals surface area (Å²) in [4.78, 5) is 23.1. The van der Waals surface area contributed by atoms with E-state index in [4.69, 9.17) is 4.74 Å². The molecular weight excluding hydrogens is 327 g/mol. The van der Waals surface area contributed by atoms with Crippen LogP contribution in [0.5, 0.6) is 0 Å². The van der Waals surface area contributed by atoms with Gasteiger partial charge in [0.15, 0.2) is 0 Å². The first-order valence-electron chi connectivity index (χ1n) is 9.94. The Hall–Kier alpha value is 0.776. The average molecular weight is 367 g/mol. The Kier molecular flexibility index (Phi) is 24.5. The fourth-order valence-electron chi connectivity index (χ4n) is 2.68. The molecule has 138 valence electrons. The second-order valence-corrected chi connectivity index (χ2v) is 6.59. The van der Waals surface area contributed by atoms with Gasteiger partial charge in [-0.1, -0.05) is 90.9 Å². The van der Waals surface area contributed by atoms with Gasteiger partial charge in [0.05, 0.1) is 0 Å². The van der Waals surface area contributed by atoms with Crippen molar-refractivity contribution in [2.24, 2.45) is 0 Å². The fraction of sp³-hybridized carbons (Fsp3) is 0.900. The summed E-state index contributed by atoms with van der Waals surface area (Å²) in [7, 11) is 0. The molecule has 4 heteroatoms. The van der Waals surface area contributed by atoms with Gasteiger partial charge >= 0.3 is 63.3 Å². The molecule has 0 rings (SSSR count). The Labute approximate surface area is 192 Å². The summed E-state index contributed by atoms with van der Waals surface area (Å²) in [6.07, 6.45) is 17.1. The average Bonchev–Trinajstić information content (AvgIpc) is 2.53. The van der Waals surface area contributed by atoms with Gasteiger partial charge in [-0.3, -0.25) is 9.59 Å². The van der Waals surface area contributed by atoms with Crippen molar-refractivity contribution >= 4 is 63.3 Å². The van der Waals surface area contributed by atoms with Crippen molar-refractivity contribution < 1.29 is 14.3 Å². The second kappa shape index (κ2) is 21.8. The summed E-state index contributed by atoms with van der Waals surface area (Å²) >= 11 is 0. The molecule has 24 heavy (non-hydrogen) atoms. The maximum atomic E-state index is 11.6. The van der Waals surface area contributed by atoms with E-state index in [-0.39, 0.29) is 63.3 Å². The zero-order chi connectivity index (χ0) is 17.2. The Morgan fingerprint density at radius 2 is 0.833 bits per heavy atom. The van der Waals surface area contributed by atoms with Gasteiger partial charge in [-0.25, -0.2) is 0 Å². The number of hydrogen-bond acceptors (Lipinski definition) is 3. The zero-order valence-corrected chi connectivity index (χ0v) is 15.5. The van der Waals surface area contributed by atoms with E-state index in [9.17, 15) is 9.59 Å². The van der Waals surface area contributed by atoms with E-state index in [1.54, 1.807) is 0 Å². The first-order chi connectivity index (χ1) is 11.2. The van der Waals surface area contributed by atoms with Gasteiger partial charge in [-0.15, -0.1) is 0 Å². The van der Waals surface area contributed by atoms with Crippen molar-refractivity contribution in [3.8, 4) is 0 Å². The first kappa shape index (κ1) is 27.0. The summed E-state index contributed by atoms with van der Waals surface area (Å²) in [6, 6.07) is 0. The Balaban J connectivity index is 0. The summed E-state index contributed by atoms with van der Waals surface area (Å²) in [6.45, 7) is 4.42. The maximum absolute atomic E-state index is 11.6. The SMILES string of the molecule is CCCCCCCCCC(=O)OC(=O)CCCCCCCCC.[KH]. The molecule has 0 saturated carbocycles. The molecule has 0 aliphatic carbocycles. The summed E-state index contributed by atoms with van der Waals surface area (Å²) < 4.78 is 4.86. The molecule has 0 atom stereocenters. The summed E-state index contributed by atoms with van der Waals surface area (Å²) in [5.74, 6) is -0.682. The van der Waals surface area contributed by atoms with Crippen LogP contribution in [0.25, 0.3) is 0 Å². The molecule has 0 aromatic carbocycles. The molecule has 0 amide bonds. The molecule has 0 aliphatic rings. The van der Waals surface area contributed by atoms with Crippen molar-refractivity contribution in [1.82, 2.24) is 0 Å². The van der Waals surface area contributed by atoms with Gasteiger partial charge < -0.3 is 4.74 Å². The fourth-order valence-corrected chi connectivity index (χ4v) is 2.68. The van der Waals surface area contributed by atoms with Crippen LogP contribution in [0.4, 0.5) is 0 Å². The van der Waals surface area contributed by atoms with Crippen molar-refractivity contribution in [3.05, 3.63) is 0 Å². The minimum absolute atomic E-state index is 0. The number of unbranched alkanes of at least 4 members (excludes halogenated alkanes) is 12. The molecule has 0 N–H and O–H groups in total. The molecule has 3 nitrogen and oxygen atoms in total. The van der Waals surface area contributed by atoms with E-state index in [0.717, 1.165) is 25.7 Å². The molecule has 0 heterocycles. The monoisotopic (exact) mass is 366 g/mol. The van der Waals surface area contributed by atoms with Crippen LogP contribution < -0.4 is 0 Å². The van der Waals surface area contributed by atoms with Crippen molar-refractivity contribution in [3.63, 3.8) is 0 Å². The molecule has 0 aliphatic heterocycles. The van der Waals surface area contributed by atoms with Crippen molar-refractivity contribution in [1.29, 1.82) is 0 Å². The summed E-state index contributed by atoms with van der Waals surface area (Å²) in [5.41, 5.74) is 0. The Morgan fingerprint density at radius 1 is 0.542 bits per heavy atom. The van der Waals surface area contributed by atoms with E-state index >= 15 is 0 Å². The van der Waals surface area contributed by atoms with Crippen LogP contribution in [0.15, 0.2) is 0 Å². The molecule has 0 saturated heterocycles. The molecule has 0 aromatic heterocycles. The van der Waals surface area contributed by atoms with Crippen LogP contribution in [0.1, 0.15) is 117 Å². The molecule has 0 unspecified atom stereocenters. The topological polar surface area (TPSA) is 43.4 Å². The molecule has 0 radical (unpaired) electrons. The Morgan fingerprint density at radius 3 is 1.17 bits per heavy atom. The molecule has 0 aromatic rings. The van der Waals surface area contributed by atoms with Gasteiger partial charge in [0.1, 0.15) is 0 Å². The van der Waals surface area contributed by atoms with E-state index in [2.05, 4.69) is 13.8 Å². The van der Waals surface area contributed by atoms with Gasteiger partial charge in [-0.05, 0) is 12.8 Å². The van der Waals surface area contributed by atoms with Crippen LogP contribution in [-0.4, -0.2) is 63.3 Å². The van der Waals surface area contributed by atoms with E-state index < -0.39 is 0 Å². The minimum atomic E-state index is -0.341. The van der Waals surface area contributed by atoms with Crippen molar-refractivity contribution in [2.45, 2.75) is 117 Å². The van der Waals surface area contributed by atoms with E-state index in [1.165, 1.54) is 64.2 Å². The van der Waals surface area contributed by atoms with Gasteiger partial charge in [0.2, 0.25) is 0 Å². The third-order valence-electron chi connectivity index (χ3n) is 4.20. The molecule has 0 fully saturated rings. The van der Waals surface area contributed by atoms with Crippen LogP contribution in [0, 0.1) is 0 Å². The van der Waals surface area contributed by atoms with E-state index in [1.807, 2.05) is 0 Å². The molecular formula is C20H39KO3. The number of rotatable bonds is 16. The zero-order valence-electron chi connectivity index (χ0n) is 15.5. The van der Waals surface area contributed by atoms with Gasteiger partial charge in [-0.2, -0.15) is 0 Å². The van der Waals surface area contributed by atoms with Gasteiger partial charge in [0.25, 0.3) is 0 Å². The quantitative estimate of drug-likeness (QED) is 0.152. The second-order valence-electron chi connectivity index (χ2n) is 6.59. The predicted molar refractivity (Wildman–Crippen MR) is 103 cm³/mol. The molecule has 0 bridgehead atoms. The number of ether oxygens (including phenoxy) is 1. The third-order valence-corrected chi connectivity index (χ3v) is 4.20. The standard InChI is InChI=1S/C20H38O3.K.H/c1-3-5-7-9-11-13-15-17-19(21)23-20(22)18-16-14-12-10-8-6-4-2;;/h3-18H2,1-2H3;;. The van der Waals surface area contributed by atoms with Crippen LogP contribution in [0.2, 0.25) is 0 Å². The first-order valence-corrected chi connectivity index (χ1v) is 9.94. The Bertz CT molecular complexity index is 265. The van der Waals surface area contributed by atoms with Crippen molar-refractivity contribution in [2.75, 3.05) is 0 Å². The third kappa shape index (κ3) is 20.8. The number of carbonyl (C=O) groups excluding carboxylic acids is 2. The van der Waals surface area contributed by atoms with Crippen LogP contribution in [-0.2, 0) is 14.3 Å².